The predicted octanol–water partition coefficient (Wildman–Crippen LogP) is 7.55. The van der Waals surface area contributed by atoms with Gasteiger partial charge >= 0.3 is 0 Å². The van der Waals surface area contributed by atoms with Crippen molar-refractivity contribution >= 4 is 11.4 Å². The van der Waals surface area contributed by atoms with Gasteiger partial charge in [-0.25, -0.2) is 0 Å². The second kappa shape index (κ2) is 16.2. The summed E-state index contributed by atoms with van der Waals surface area (Å²) in [4.78, 5) is 23.9. The predicted molar refractivity (Wildman–Crippen MR) is 135 cm³/mol. The minimum Gasteiger partial charge on any atom is -0.381 e. The van der Waals surface area contributed by atoms with Crippen molar-refractivity contribution in [2.75, 3.05) is 19.8 Å². The van der Waals surface area contributed by atoms with E-state index in [0.717, 1.165) is 56.8 Å². The molecular weight excluding hydrogens is 450 g/mol. The van der Waals surface area contributed by atoms with Crippen LogP contribution in [0.25, 0.3) is 21.6 Å². The molecule has 0 amide bonds. The van der Waals surface area contributed by atoms with Gasteiger partial charge in [-0.15, -0.1) is 0 Å². The fourth-order valence-corrected chi connectivity index (χ4v) is 3.90. The third-order valence-corrected chi connectivity index (χ3v) is 5.74. The molecule has 0 aliphatic heterocycles. The topological polar surface area (TPSA) is 144 Å². The summed E-state index contributed by atoms with van der Waals surface area (Å²) in [5.74, 6) is 0. The van der Waals surface area contributed by atoms with E-state index in [1.165, 1.54) is 37.8 Å². The van der Waals surface area contributed by atoms with E-state index in [9.17, 15) is 20.2 Å². The zero-order valence-electron chi connectivity index (χ0n) is 20.0. The molecule has 0 aromatic heterocycles. The Labute approximate surface area is 205 Å². The van der Waals surface area contributed by atoms with Crippen LogP contribution in [0.4, 0.5) is 11.4 Å². The van der Waals surface area contributed by atoms with E-state index in [0.29, 0.717) is 24.3 Å². The number of hydrogen-bond donors (Lipinski definition) is 0. The van der Waals surface area contributed by atoms with Crippen molar-refractivity contribution in [3.8, 4) is 11.1 Å². The number of hydrogen-bond acceptors (Lipinski definition) is 6. The van der Waals surface area contributed by atoms with Crippen LogP contribution in [-0.4, -0.2) is 29.6 Å². The molecule has 0 saturated carbocycles. The molecule has 0 N–H and O–H groups in total. The summed E-state index contributed by atoms with van der Waals surface area (Å²) in [6, 6.07) is 11.2. The molecule has 0 unspecified atom stereocenters. The number of nitro groups is 2. The first-order chi connectivity index (χ1) is 17.0. The summed E-state index contributed by atoms with van der Waals surface area (Å²) in [6.07, 6.45) is 10.8. The van der Waals surface area contributed by atoms with Crippen LogP contribution in [0.15, 0.2) is 47.6 Å². The van der Waals surface area contributed by atoms with Gasteiger partial charge in [0.2, 0.25) is 0 Å². The smallest absolute Gasteiger partial charge is 0.284 e. The minimum atomic E-state index is -0.633. The second-order valence-corrected chi connectivity index (χ2v) is 8.41. The van der Waals surface area contributed by atoms with Gasteiger partial charge in [0.25, 0.3) is 11.4 Å². The molecule has 35 heavy (non-hydrogen) atoms. The SMILES string of the molecule is [N-]=[N+]=NCCCCCCCCCCOCCCc1cccc(-c2ccc([N+](=O)[O-])cc2[N+](=O)[O-])c1. The van der Waals surface area contributed by atoms with Gasteiger partial charge in [0.1, 0.15) is 0 Å². The molecule has 0 radical (unpaired) electrons. The molecule has 0 fully saturated rings. The Hall–Kier alpha value is -3.49. The minimum absolute atomic E-state index is 0.273. The number of aryl methyl sites for hydroxylation is 1. The molecule has 0 saturated heterocycles. The first-order valence-electron chi connectivity index (χ1n) is 12.1. The third kappa shape index (κ3) is 10.5. The van der Waals surface area contributed by atoms with Crippen molar-refractivity contribution in [1.29, 1.82) is 0 Å². The van der Waals surface area contributed by atoms with Crippen molar-refractivity contribution in [1.82, 2.24) is 0 Å². The Bertz CT molecular complexity index is 1010. The van der Waals surface area contributed by atoms with Gasteiger partial charge in [-0.05, 0) is 48.4 Å². The standard InChI is InChI=1S/C25H33N5O5/c26-28-27-16-7-5-3-1-2-4-6-8-17-35-18-10-12-21-11-9-13-22(19-21)24-15-14-23(29(31)32)20-25(24)30(33)34/h9,11,13-15,19-20H,1-8,10,12,16-18H2. The summed E-state index contributed by atoms with van der Waals surface area (Å²) in [5.41, 5.74) is 9.72. The molecule has 0 spiro atoms. The number of nitrogens with zero attached hydrogens (tertiary/aromatic N) is 5. The highest BCUT2D eigenvalue weighted by atomic mass is 16.6. The Morgan fingerprint density at radius 2 is 1.51 bits per heavy atom. The van der Waals surface area contributed by atoms with Crippen LogP contribution in [0.2, 0.25) is 0 Å². The first-order valence-corrected chi connectivity index (χ1v) is 12.1. The van der Waals surface area contributed by atoms with Crippen molar-refractivity contribution in [2.24, 2.45) is 5.11 Å². The third-order valence-electron chi connectivity index (χ3n) is 5.74. The molecule has 10 nitrogen and oxygen atoms in total. The van der Waals surface area contributed by atoms with Gasteiger partial charge in [0.15, 0.2) is 0 Å². The molecule has 0 heterocycles. The Morgan fingerprint density at radius 1 is 0.829 bits per heavy atom. The van der Waals surface area contributed by atoms with Crippen LogP contribution >= 0.6 is 0 Å². The number of ether oxygens (including phenoxy) is 1. The second-order valence-electron chi connectivity index (χ2n) is 8.41. The molecule has 10 heteroatoms. The molecular formula is C25H33N5O5. The van der Waals surface area contributed by atoms with Gasteiger partial charge < -0.3 is 4.74 Å². The molecule has 2 aromatic rings. The van der Waals surface area contributed by atoms with E-state index in [1.54, 1.807) is 6.07 Å². The highest BCUT2D eigenvalue weighted by Crippen LogP contribution is 2.33. The largest absolute Gasteiger partial charge is 0.381 e. The average Bonchev–Trinajstić information content (AvgIpc) is 2.86. The molecule has 2 aromatic carbocycles. The van der Waals surface area contributed by atoms with E-state index < -0.39 is 9.85 Å². The van der Waals surface area contributed by atoms with Crippen molar-refractivity contribution in [3.63, 3.8) is 0 Å². The number of rotatable bonds is 18. The first kappa shape index (κ1) is 27.8. The van der Waals surface area contributed by atoms with E-state index >= 15 is 0 Å². The highest BCUT2D eigenvalue weighted by Gasteiger charge is 2.20. The zero-order valence-corrected chi connectivity index (χ0v) is 20.0. The van der Waals surface area contributed by atoms with Gasteiger partial charge in [-0.1, -0.05) is 67.9 Å². The van der Waals surface area contributed by atoms with Crippen molar-refractivity contribution < 1.29 is 14.6 Å². The van der Waals surface area contributed by atoms with E-state index in [1.807, 2.05) is 18.2 Å². The van der Waals surface area contributed by atoms with Gasteiger partial charge in [0.05, 0.1) is 21.5 Å². The fourth-order valence-electron chi connectivity index (χ4n) is 3.90. The zero-order chi connectivity index (χ0) is 25.3. The maximum atomic E-state index is 11.4. The molecule has 0 atom stereocenters. The van der Waals surface area contributed by atoms with Crippen LogP contribution in [0.3, 0.4) is 0 Å². The Balaban J connectivity index is 1.65. The normalized spacial score (nSPS) is 10.6. The van der Waals surface area contributed by atoms with Crippen LogP contribution in [0.1, 0.15) is 63.4 Å². The van der Waals surface area contributed by atoms with Gasteiger partial charge in [-0.3, -0.25) is 20.2 Å². The summed E-state index contributed by atoms with van der Waals surface area (Å²) >= 11 is 0. The lowest BCUT2D eigenvalue weighted by Gasteiger charge is -2.08. The van der Waals surface area contributed by atoms with Crippen LogP contribution < -0.4 is 0 Å². The highest BCUT2D eigenvalue weighted by molar-refractivity contribution is 5.75. The maximum absolute atomic E-state index is 11.4. The van der Waals surface area contributed by atoms with E-state index in [2.05, 4.69) is 10.0 Å². The fraction of sp³-hybridized carbons (Fsp3) is 0.520. The summed E-state index contributed by atoms with van der Waals surface area (Å²) in [5, 5.41) is 25.9. The molecule has 188 valence electrons. The van der Waals surface area contributed by atoms with E-state index in [-0.39, 0.29) is 11.4 Å². The van der Waals surface area contributed by atoms with Crippen molar-refractivity contribution in [2.45, 2.75) is 64.2 Å². The van der Waals surface area contributed by atoms with Gasteiger partial charge in [0, 0.05) is 30.7 Å². The number of benzene rings is 2. The molecule has 2 rings (SSSR count). The molecule has 0 aliphatic rings. The van der Waals surface area contributed by atoms with E-state index in [4.69, 9.17) is 10.3 Å². The summed E-state index contributed by atoms with van der Waals surface area (Å²) in [6.45, 7) is 2.01. The number of nitro benzene ring substituents is 2. The van der Waals surface area contributed by atoms with Crippen LogP contribution in [0.5, 0.6) is 0 Å². The Kier molecular flexibility index (Phi) is 12.8. The summed E-state index contributed by atoms with van der Waals surface area (Å²) < 4.78 is 5.75. The number of non-ortho nitro benzene ring substituents is 1. The molecule has 0 aliphatic carbocycles. The summed E-state index contributed by atoms with van der Waals surface area (Å²) in [7, 11) is 0. The van der Waals surface area contributed by atoms with Crippen LogP contribution in [0, 0.1) is 20.2 Å². The molecule has 0 bridgehead atoms. The monoisotopic (exact) mass is 483 g/mol. The number of unbranched alkanes of at least 4 members (excludes halogenated alkanes) is 7. The Morgan fingerprint density at radius 3 is 2.20 bits per heavy atom. The lowest BCUT2D eigenvalue weighted by molar-refractivity contribution is -0.393. The van der Waals surface area contributed by atoms with Crippen LogP contribution in [-0.2, 0) is 11.2 Å². The van der Waals surface area contributed by atoms with Crippen molar-refractivity contribution in [3.05, 3.63) is 78.7 Å². The maximum Gasteiger partial charge on any atom is 0.284 e. The average molecular weight is 484 g/mol. The number of azide groups is 1. The lowest BCUT2D eigenvalue weighted by atomic mass is 9.99. The lowest BCUT2D eigenvalue weighted by Crippen LogP contribution is -1.99. The quantitative estimate of drug-likeness (QED) is 0.0536. The van der Waals surface area contributed by atoms with Gasteiger partial charge in [-0.2, -0.15) is 0 Å².